The van der Waals surface area contributed by atoms with Crippen molar-refractivity contribution in [3.63, 3.8) is 0 Å². The van der Waals surface area contributed by atoms with Gasteiger partial charge < -0.3 is 0 Å². The molecule has 0 radical (unpaired) electrons. The van der Waals surface area contributed by atoms with Crippen LogP contribution in [0.15, 0.2) is 42.5 Å². The van der Waals surface area contributed by atoms with Crippen LogP contribution in [-0.2, 0) is 0 Å². The minimum atomic E-state index is 0.0591. The molecule has 0 aromatic heterocycles. The molecule has 0 N–H and O–H groups in total. The van der Waals surface area contributed by atoms with Crippen molar-refractivity contribution in [1.29, 1.82) is 0 Å². The summed E-state index contributed by atoms with van der Waals surface area (Å²) in [6, 6.07) is 9.82. The Labute approximate surface area is 122 Å². The molecule has 3 aliphatic rings. The van der Waals surface area contributed by atoms with Gasteiger partial charge in [-0.3, -0.25) is 4.79 Å². The highest BCUT2D eigenvalue weighted by Gasteiger charge is 2.52. The molecule has 0 aliphatic heterocycles. The highest BCUT2D eigenvalue weighted by Crippen LogP contribution is 2.58. The van der Waals surface area contributed by atoms with Crippen LogP contribution in [0.4, 0.5) is 0 Å². The SMILES string of the molecule is CC(C)C12C=CC(C)(CC1)C(C(=O)c1ccccc1)C2. The van der Waals surface area contributed by atoms with Gasteiger partial charge in [0.05, 0.1) is 0 Å². The van der Waals surface area contributed by atoms with Crippen LogP contribution in [-0.4, -0.2) is 5.78 Å². The quantitative estimate of drug-likeness (QED) is 0.563. The fourth-order valence-corrected chi connectivity index (χ4v) is 4.01. The maximum Gasteiger partial charge on any atom is 0.166 e. The first-order valence-corrected chi connectivity index (χ1v) is 7.77. The average molecular weight is 268 g/mol. The molecule has 1 heteroatoms. The lowest BCUT2D eigenvalue weighted by Gasteiger charge is -2.54. The predicted octanol–water partition coefficient (Wildman–Crippen LogP) is 4.89. The van der Waals surface area contributed by atoms with Gasteiger partial charge in [0.1, 0.15) is 0 Å². The lowest BCUT2D eigenvalue weighted by molar-refractivity contribution is 0.0290. The highest BCUT2D eigenvalue weighted by atomic mass is 16.1. The first-order valence-electron chi connectivity index (χ1n) is 7.77. The van der Waals surface area contributed by atoms with Gasteiger partial charge in [0.15, 0.2) is 5.78 Å². The maximum absolute atomic E-state index is 12.9. The Hall–Kier alpha value is -1.37. The van der Waals surface area contributed by atoms with Gasteiger partial charge in [-0.25, -0.2) is 0 Å². The summed E-state index contributed by atoms with van der Waals surface area (Å²) in [5.74, 6) is 1.09. The zero-order chi connectivity index (χ0) is 14.4. The predicted molar refractivity (Wildman–Crippen MR) is 82.6 cm³/mol. The Morgan fingerprint density at radius 1 is 1.15 bits per heavy atom. The molecular weight excluding hydrogens is 244 g/mol. The average Bonchev–Trinajstić information content (AvgIpc) is 2.48. The number of fused-ring (bicyclic) bond motifs is 2. The second-order valence-corrected chi connectivity index (χ2v) is 7.21. The molecule has 3 atom stereocenters. The van der Waals surface area contributed by atoms with Gasteiger partial charge in [0, 0.05) is 11.5 Å². The zero-order valence-electron chi connectivity index (χ0n) is 12.7. The molecule has 0 amide bonds. The van der Waals surface area contributed by atoms with Crippen molar-refractivity contribution < 1.29 is 4.79 Å². The Bertz CT molecular complexity index is 542. The molecule has 1 nitrogen and oxygen atoms in total. The first-order chi connectivity index (χ1) is 9.47. The van der Waals surface area contributed by atoms with Gasteiger partial charge in [-0.1, -0.05) is 63.3 Å². The van der Waals surface area contributed by atoms with Crippen molar-refractivity contribution in [2.75, 3.05) is 0 Å². The molecule has 1 fully saturated rings. The molecule has 1 aromatic rings. The molecule has 0 spiro atoms. The summed E-state index contributed by atoms with van der Waals surface area (Å²) in [4.78, 5) is 12.9. The topological polar surface area (TPSA) is 17.1 Å². The van der Waals surface area contributed by atoms with Crippen molar-refractivity contribution in [2.45, 2.75) is 40.0 Å². The molecule has 0 saturated heterocycles. The van der Waals surface area contributed by atoms with Crippen LogP contribution in [0.2, 0.25) is 0 Å². The van der Waals surface area contributed by atoms with E-state index >= 15 is 0 Å². The molecule has 4 rings (SSSR count). The molecule has 1 aromatic carbocycles. The number of hydrogen-bond acceptors (Lipinski definition) is 1. The molecule has 20 heavy (non-hydrogen) atoms. The summed E-state index contributed by atoms with van der Waals surface area (Å²) in [6.45, 7) is 6.85. The zero-order valence-corrected chi connectivity index (χ0v) is 12.7. The normalized spacial score (nSPS) is 35.5. The Kier molecular flexibility index (Phi) is 3.12. The van der Waals surface area contributed by atoms with E-state index < -0.39 is 0 Å². The standard InChI is InChI=1S/C19H24O/c1-14(2)19-11-9-18(3,10-12-19)16(13-19)17(20)15-7-5-4-6-8-15/h4-9,11,14,16H,10,12-13H2,1-3H3. The third-order valence-electron chi connectivity index (χ3n) is 5.83. The fourth-order valence-electron chi connectivity index (χ4n) is 4.01. The minimum Gasteiger partial charge on any atom is -0.294 e. The number of benzene rings is 1. The molecule has 0 heterocycles. The number of ketones is 1. The number of carbonyl (C=O) groups is 1. The Balaban J connectivity index is 1.96. The monoisotopic (exact) mass is 268 g/mol. The van der Waals surface area contributed by atoms with E-state index in [0.717, 1.165) is 18.4 Å². The fraction of sp³-hybridized carbons (Fsp3) is 0.526. The molecule has 2 bridgehead atoms. The van der Waals surface area contributed by atoms with Crippen LogP contribution in [0.1, 0.15) is 50.4 Å². The second-order valence-electron chi connectivity index (χ2n) is 7.21. The maximum atomic E-state index is 12.9. The molecule has 3 aliphatic carbocycles. The van der Waals surface area contributed by atoms with E-state index in [0.29, 0.717) is 11.7 Å². The number of allylic oxidation sites excluding steroid dienone is 2. The molecular formula is C19H24O. The van der Waals surface area contributed by atoms with Crippen molar-refractivity contribution >= 4 is 5.78 Å². The van der Waals surface area contributed by atoms with Gasteiger partial charge in [-0.05, 0) is 36.0 Å². The summed E-state index contributed by atoms with van der Waals surface area (Å²) in [5.41, 5.74) is 1.18. The second kappa shape index (κ2) is 4.58. The van der Waals surface area contributed by atoms with Crippen molar-refractivity contribution in [3.05, 3.63) is 48.0 Å². The largest absolute Gasteiger partial charge is 0.294 e. The smallest absolute Gasteiger partial charge is 0.166 e. The van der Waals surface area contributed by atoms with Crippen molar-refractivity contribution in [1.82, 2.24) is 0 Å². The van der Waals surface area contributed by atoms with E-state index in [1.165, 1.54) is 6.42 Å². The van der Waals surface area contributed by atoms with Crippen LogP contribution in [0.5, 0.6) is 0 Å². The number of carbonyl (C=O) groups excluding carboxylic acids is 1. The van der Waals surface area contributed by atoms with Gasteiger partial charge in [0.2, 0.25) is 0 Å². The molecule has 1 saturated carbocycles. The third-order valence-corrected chi connectivity index (χ3v) is 5.83. The van der Waals surface area contributed by atoms with E-state index in [9.17, 15) is 4.79 Å². The van der Waals surface area contributed by atoms with Gasteiger partial charge in [-0.15, -0.1) is 0 Å². The summed E-state index contributed by atoms with van der Waals surface area (Å²) < 4.78 is 0. The molecule has 3 unspecified atom stereocenters. The van der Waals surface area contributed by atoms with Crippen LogP contribution < -0.4 is 0 Å². The van der Waals surface area contributed by atoms with E-state index in [4.69, 9.17) is 0 Å². The van der Waals surface area contributed by atoms with Crippen LogP contribution in [0, 0.1) is 22.7 Å². The van der Waals surface area contributed by atoms with E-state index in [-0.39, 0.29) is 16.7 Å². The number of hydrogen-bond donors (Lipinski definition) is 0. The summed E-state index contributed by atoms with van der Waals surface area (Å²) in [5, 5.41) is 0. The van der Waals surface area contributed by atoms with Crippen LogP contribution >= 0.6 is 0 Å². The van der Waals surface area contributed by atoms with Crippen molar-refractivity contribution in [3.8, 4) is 0 Å². The Morgan fingerprint density at radius 3 is 2.40 bits per heavy atom. The van der Waals surface area contributed by atoms with Crippen LogP contribution in [0.3, 0.4) is 0 Å². The summed E-state index contributed by atoms with van der Waals surface area (Å²) in [7, 11) is 0. The van der Waals surface area contributed by atoms with E-state index in [1.807, 2.05) is 30.3 Å². The van der Waals surface area contributed by atoms with Crippen LogP contribution in [0.25, 0.3) is 0 Å². The number of Topliss-reactive ketones (excluding diaryl/α,β-unsaturated/α-hetero) is 1. The summed E-state index contributed by atoms with van der Waals surface area (Å²) >= 11 is 0. The first kappa shape index (κ1) is 13.6. The van der Waals surface area contributed by atoms with E-state index in [2.05, 4.69) is 32.9 Å². The molecule has 106 valence electrons. The highest BCUT2D eigenvalue weighted by molar-refractivity contribution is 5.98. The third kappa shape index (κ3) is 1.95. The Morgan fingerprint density at radius 2 is 1.85 bits per heavy atom. The minimum absolute atomic E-state index is 0.0591. The van der Waals surface area contributed by atoms with Gasteiger partial charge in [-0.2, -0.15) is 0 Å². The van der Waals surface area contributed by atoms with E-state index in [1.54, 1.807) is 0 Å². The number of rotatable bonds is 3. The van der Waals surface area contributed by atoms with Gasteiger partial charge in [0.25, 0.3) is 0 Å². The lowest BCUT2D eigenvalue weighted by Crippen LogP contribution is -2.47. The van der Waals surface area contributed by atoms with Crippen molar-refractivity contribution in [2.24, 2.45) is 22.7 Å². The van der Waals surface area contributed by atoms with Gasteiger partial charge >= 0.3 is 0 Å². The lowest BCUT2D eigenvalue weighted by atomic mass is 9.50. The summed E-state index contributed by atoms with van der Waals surface area (Å²) in [6.07, 6.45) is 8.15.